The van der Waals surface area contributed by atoms with Crippen molar-refractivity contribution in [3.8, 4) is 0 Å². The molecule has 0 aliphatic rings. The van der Waals surface area contributed by atoms with Crippen LogP contribution in [0.1, 0.15) is 33.7 Å². The molecule has 0 atom stereocenters. The fraction of sp³-hybridized carbons (Fsp3) is 0.333. The molecule has 6 nitrogen and oxygen atoms in total. The van der Waals surface area contributed by atoms with Gasteiger partial charge in [-0.1, -0.05) is 11.8 Å². The lowest BCUT2D eigenvalue weighted by Gasteiger charge is -2.11. The molecule has 0 saturated heterocycles. The van der Waals surface area contributed by atoms with Crippen molar-refractivity contribution in [1.82, 2.24) is 9.97 Å². The van der Waals surface area contributed by atoms with Gasteiger partial charge < -0.3 is 10.1 Å². The SMILES string of the molecule is COC(=O)c1cc(NC(=O)CCc2c(C)nc(SC)nc2C)c(F)cc1F. The van der Waals surface area contributed by atoms with E-state index in [4.69, 9.17) is 0 Å². The van der Waals surface area contributed by atoms with E-state index >= 15 is 0 Å². The molecule has 0 saturated carbocycles. The maximum absolute atomic E-state index is 13.9. The standard InChI is InChI=1S/C18H19F2N3O3S/c1-9-11(10(2)22-18(21-9)27-4)5-6-16(24)23-15-7-12(17(25)26-3)13(19)8-14(15)20/h7-8H,5-6H2,1-4H3,(H,23,24). The highest BCUT2D eigenvalue weighted by molar-refractivity contribution is 7.98. The van der Waals surface area contributed by atoms with Crippen molar-refractivity contribution in [2.45, 2.75) is 31.8 Å². The van der Waals surface area contributed by atoms with Crippen LogP contribution >= 0.6 is 11.8 Å². The predicted octanol–water partition coefficient (Wildman–Crippen LogP) is 3.45. The van der Waals surface area contributed by atoms with Crippen molar-refractivity contribution >= 4 is 29.3 Å². The van der Waals surface area contributed by atoms with Crippen LogP contribution in [-0.4, -0.2) is 35.2 Å². The fourth-order valence-corrected chi connectivity index (χ4v) is 2.98. The maximum atomic E-state index is 13.9. The maximum Gasteiger partial charge on any atom is 0.340 e. The van der Waals surface area contributed by atoms with Gasteiger partial charge >= 0.3 is 5.97 Å². The second kappa shape index (κ2) is 8.90. The molecule has 1 N–H and O–H groups in total. The monoisotopic (exact) mass is 395 g/mol. The van der Waals surface area contributed by atoms with Crippen LogP contribution in [0.5, 0.6) is 0 Å². The average Bonchev–Trinajstić information content (AvgIpc) is 2.62. The van der Waals surface area contributed by atoms with Crippen molar-refractivity contribution in [3.05, 3.63) is 46.3 Å². The summed E-state index contributed by atoms with van der Waals surface area (Å²) in [5.41, 5.74) is 1.66. The molecule has 0 aliphatic heterocycles. The van der Waals surface area contributed by atoms with Gasteiger partial charge in [0, 0.05) is 23.9 Å². The third-order valence-corrected chi connectivity index (χ3v) is 4.47. The van der Waals surface area contributed by atoms with E-state index in [0.717, 1.165) is 30.1 Å². The predicted molar refractivity (Wildman–Crippen MR) is 97.9 cm³/mol. The minimum absolute atomic E-state index is 0.0496. The molecule has 2 aromatic rings. The summed E-state index contributed by atoms with van der Waals surface area (Å²) in [4.78, 5) is 32.4. The zero-order chi connectivity index (χ0) is 20.1. The van der Waals surface area contributed by atoms with Crippen LogP contribution < -0.4 is 5.32 Å². The first-order valence-corrected chi connectivity index (χ1v) is 9.24. The third kappa shape index (κ3) is 5.00. The van der Waals surface area contributed by atoms with Crippen molar-refractivity contribution < 1.29 is 23.1 Å². The highest BCUT2D eigenvalue weighted by atomic mass is 32.2. The van der Waals surface area contributed by atoms with E-state index < -0.39 is 29.1 Å². The first-order valence-electron chi connectivity index (χ1n) is 8.02. The Bertz CT molecular complexity index is 867. The Balaban J connectivity index is 2.12. The largest absolute Gasteiger partial charge is 0.465 e. The van der Waals surface area contributed by atoms with Crippen LogP contribution in [-0.2, 0) is 16.0 Å². The number of rotatable bonds is 6. The number of anilines is 1. The Morgan fingerprint density at radius 2 is 1.78 bits per heavy atom. The summed E-state index contributed by atoms with van der Waals surface area (Å²) in [6.45, 7) is 3.67. The summed E-state index contributed by atoms with van der Waals surface area (Å²) in [7, 11) is 1.08. The van der Waals surface area contributed by atoms with E-state index in [1.54, 1.807) is 0 Å². The van der Waals surface area contributed by atoms with E-state index in [1.165, 1.54) is 11.8 Å². The second-order valence-electron chi connectivity index (χ2n) is 5.71. The molecule has 1 aromatic carbocycles. The number of nitrogens with one attached hydrogen (secondary N) is 1. The van der Waals surface area contributed by atoms with Crippen LogP contribution in [0, 0.1) is 25.5 Å². The number of amides is 1. The Morgan fingerprint density at radius 3 is 2.33 bits per heavy atom. The number of carbonyl (C=O) groups excluding carboxylic acids is 2. The van der Waals surface area contributed by atoms with Gasteiger partial charge in [0.15, 0.2) is 5.16 Å². The number of aromatic nitrogens is 2. The summed E-state index contributed by atoms with van der Waals surface area (Å²) in [6, 6.07) is 1.45. The highest BCUT2D eigenvalue weighted by Gasteiger charge is 2.18. The molecular weight excluding hydrogens is 376 g/mol. The van der Waals surface area contributed by atoms with Gasteiger partial charge in [0.1, 0.15) is 11.6 Å². The molecule has 0 unspecified atom stereocenters. The number of nitrogens with zero attached hydrogens (tertiary/aromatic N) is 2. The van der Waals surface area contributed by atoms with E-state index in [1.807, 2.05) is 20.1 Å². The topological polar surface area (TPSA) is 81.2 Å². The van der Waals surface area contributed by atoms with Gasteiger partial charge in [0.2, 0.25) is 5.91 Å². The van der Waals surface area contributed by atoms with Gasteiger partial charge in [-0.2, -0.15) is 0 Å². The molecule has 1 amide bonds. The summed E-state index contributed by atoms with van der Waals surface area (Å²) in [6.07, 6.45) is 2.29. The summed E-state index contributed by atoms with van der Waals surface area (Å²) in [5.74, 6) is -3.48. The lowest BCUT2D eigenvalue weighted by molar-refractivity contribution is -0.116. The zero-order valence-electron chi connectivity index (χ0n) is 15.4. The van der Waals surface area contributed by atoms with Gasteiger partial charge in [-0.3, -0.25) is 4.79 Å². The molecule has 144 valence electrons. The third-order valence-electron chi connectivity index (χ3n) is 3.92. The first kappa shape index (κ1) is 20.8. The van der Waals surface area contributed by atoms with Crippen molar-refractivity contribution in [1.29, 1.82) is 0 Å². The van der Waals surface area contributed by atoms with Crippen LogP contribution in [0.3, 0.4) is 0 Å². The highest BCUT2D eigenvalue weighted by Crippen LogP contribution is 2.21. The van der Waals surface area contributed by atoms with Crippen molar-refractivity contribution in [2.24, 2.45) is 0 Å². The van der Waals surface area contributed by atoms with Crippen LogP contribution in [0.15, 0.2) is 17.3 Å². The Morgan fingerprint density at radius 1 is 1.15 bits per heavy atom. The van der Waals surface area contributed by atoms with Gasteiger partial charge in [-0.05, 0) is 38.2 Å². The van der Waals surface area contributed by atoms with Crippen molar-refractivity contribution in [3.63, 3.8) is 0 Å². The second-order valence-corrected chi connectivity index (χ2v) is 6.48. The Labute approximate surface area is 159 Å². The summed E-state index contributed by atoms with van der Waals surface area (Å²) >= 11 is 1.43. The van der Waals surface area contributed by atoms with E-state index in [-0.39, 0.29) is 12.1 Å². The molecule has 9 heteroatoms. The van der Waals surface area contributed by atoms with Crippen LogP contribution in [0.4, 0.5) is 14.5 Å². The number of ether oxygens (including phenoxy) is 1. The molecule has 1 aromatic heterocycles. The average molecular weight is 395 g/mol. The van der Waals surface area contributed by atoms with Crippen LogP contribution in [0.2, 0.25) is 0 Å². The quantitative estimate of drug-likeness (QED) is 0.458. The van der Waals surface area contributed by atoms with Crippen LogP contribution in [0.25, 0.3) is 0 Å². The molecule has 27 heavy (non-hydrogen) atoms. The van der Waals surface area contributed by atoms with Gasteiger partial charge in [0.05, 0.1) is 18.4 Å². The Hall–Kier alpha value is -2.55. The van der Waals surface area contributed by atoms with Gasteiger partial charge in [-0.25, -0.2) is 23.5 Å². The van der Waals surface area contributed by atoms with E-state index in [2.05, 4.69) is 20.0 Å². The first-order chi connectivity index (χ1) is 12.8. The lowest BCUT2D eigenvalue weighted by atomic mass is 10.1. The summed E-state index contributed by atoms with van der Waals surface area (Å²) < 4.78 is 32.0. The zero-order valence-corrected chi connectivity index (χ0v) is 16.2. The fourth-order valence-electron chi connectivity index (χ4n) is 2.52. The molecule has 0 bridgehead atoms. The number of methoxy groups -OCH3 is 1. The minimum Gasteiger partial charge on any atom is -0.465 e. The molecule has 0 fully saturated rings. The van der Waals surface area contributed by atoms with Gasteiger partial charge in [0.25, 0.3) is 0 Å². The normalized spacial score (nSPS) is 10.6. The number of halogens is 2. The smallest absolute Gasteiger partial charge is 0.340 e. The number of carbonyl (C=O) groups is 2. The van der Waals surface area contributed by atoms with Crippen molar-refractivity contribution in [2.75, 3.05) is 18.7 Å². The molecule has 2 rings (SSSR count). The number of benzene rings is 1. The lowest BCUT2D eigenvalue weighted by Crippen LogP contribution is -2.16. The number of aryl methyl sites for hydroxylation is 2. The number of hydrogen-bond donors (Lipinski definition) is 1. The molecular formula is C18H19F2N3O3S. The van der Waals surface area contributed by atoms with Gasteiger partial charge in [-0.15, -0.1) is 0 Å². The molecule has 1 heterocycles. The number of esters is 1. The summed E-state index contributed by atoms with van der Waals surface area (Å²) in [5, 5.41) is 3.01. The van der Waals surface area contributed by atoms with E-state index in [0.29, 0.717) is 17.6 Å². The number of hydrogen-bond acceptors (Lipinski definition) is 6. The molecule has 0 spiro atoms. The Kier molecular flexibility index (Phi) is 6.84. The minimum atomic E-state index is -1.06. The van der Waals surface area contributed by atoms with E-state index in [9.17, 15) is 18.4 Å². The number of thioether (sulfide) groups is 1. The molecule has 0 aliphatic carbocycles. The molecule has 0 radical (unpaired) electrons.